The topological polar surface area (TPSA) is 40.0 Å². The van der Waals surface area contributed by atoms with Crippen LogP contribution in [0.5, 0.6) is 0 Å². The Kier molecular flexibility index (Phi) is 5.28. The van der Waals surface area contributed by atoms with Gasteiger partial charge in [0, 0.05) is 18.1 Å². The molecule has 46 heavy (non-hydrogen) atoms. The van der Waals surface area contributed by atoms with Gasteiger partial charge in [-0.1, -0.05) is 103 Å². The summed E-state index contributed by atoms with van der Waals surface area (Å²) in [6, 6.07) is 48.4. The van der Waals surface area contributed by atoms with Crippen LogP contribution in [-0.2, 0) is 6.54 Å². The molecule has 6 aromatic carbocycles. The first-order valence-corrected chi connectivity index (χ1v) is 15.6. The highest BCUT2D eigenvalue weighted by atomic mass is 15.2. The average Bonchev–Trinajstić information content (AvgIpc) is 3.84. The second-order valence-corrected chi connectivity index (χ2v) is 12.0. The summed E-state index contributed by atoms with van der Waals surface area (Å²) in [6.45, 7) is 0.714. The minimum Gasteiger partial charge on any atom is -0.333 e. The van der Waals surface area contributed by atoms with Crippen LogP contribution in [-0.4, -0.2) is 23.5 Å². The van der Waals surface area contributed by atoms with E-state index in [2.05, 4.69) is 152 Å². The van der Waals surface area contributed by atoms with Gasteiger partial charge in [-0.25, -0.2) is 9.97 Å². The maximum atomic E-state index is 5.36. The van der Waals surface area contributed by atoms with Gasteiger partial charge in [-0.3, -0.25) is 8.97 Å². The van der Waals surface area contributed by atoms with Crippen LogP contribution in [0.3, 0.4) is 0 Å². The minimum absolute atomic E-state index is 0.714. The summed E-state index contributed by atoms with van der Waals surface area (Å²) in [5.41, 5.74) is 16.5. The Balaban J connectivity index is 1.27. The Morgan fingerprint density at radius 3 is 1.70 bits per heavy atom. The van der Waals surface area contributed by atoms with Gasteiger partial charge < -0.3 is 4.57 Å². The molecule has 5 heteroatoms. The molecule has 0 spiro atoms. The highest BCUT2D eigenvalue weighted by Crippen LogP contribution is 2.48. The van der Waals surface area contributed by atoms with Crippen molar-refractivity contribution in [3.63, 3.8) is 0 Å². The Bertz CT molecular complexity index is 2610. The van der Waals surface area contributed by atoms with Crippen LogP contribution in [0.4, 0.5) is 0 Å². The fraction of sp³-hybridized carbons (Fsp3) is 0.0244. The molecule has 10 rings (SSSR count). The molecule has 0 atom stereocenters. The molecule has 0 aliphatic heterocycles. The summed E-state index contributed by atoms with van der Waals surface area (Å²) in [4.78, 5) is 9.61. The van der Waals surface area contributed by atoms with Gasteiger partial charge in [0.05, 0.1) is 34.9 Å². The SMILES string of the molecule is c1ccc2c(c1)-c1ccccc1-c1ccc(-n3c4ccccc4n4c5cccc(Cn6ccnc6)c5nc34)cc1-c1ccccc1-2. The second kappa shape index (κ2) is 9.65. The second-order valence-electron chi connectivity index (χ2n) is 12.0. The van der Waals surface area contributed by atoms with Gasteiger partial charge in [-0.05, 0) is 80.4 Å². The van der Waals surface area contributed by atoms with E-state index in [0.717, 1.165) is 39.1 Å². The standard InChI is InChI=1S/C41H27N5/c1-2-12-30-29(11-1)31-13-3-4-15-33(31)35-21-20-28(24-36(35)34-16-6-5-14-32(30)34)45-37-17-7-8-18-38(37)46-39-19-9-10-27(40(39)43-41(45)46)25-44-23-22-42-26-44/h1-24,26H,25H2. The fourth-order valence-corrected chi connectivity index (χ4v) is 7.43. The van der Waals surface area contributed by atoms with Crippen LogP contribution >= 0.6 is 0 Å². The smallest absolute Gasteiger partial charge is 0.220 e. The van der Waals surface area contributed by atoms with Crippen LogP contribution in [0.25, 0.3) is 78.0 Å². The van der Waals surface area contributed by atoms with Crippen molar-refractivity contribution >= 4 is 27.8 Å². The first kappa shape index (κ1) is 25.2. The Morgan fingerprint density at radius 1 is 0.500 bits per heavy atom. The quantitative estimate of drug-likeness (QED) is 0.206. The van der Waals surface area contributed by atoms with E-state index in [4.69, 9.17) is 4.98 Å². The molecular weight excluding hydrogens is 562 g/mol. The van der Waals surface area contributed by atoms with Crippen molar-refractivity contribution in [1.29, 1.82) is 0 Å². The summed E-state index contributed by atoms with van der Waals surface area (Å²) in [7, 11) is 0. The van der Waals surface area contributed by atoms with Gasteiger partial charge in [-0.15, -0.1) is 0 Å². The van der Waals surface area contributed by atoms with Crippen LogP contribution < -0.4 is 0 Å². The number of para-hydroxylation sites is 3. The van der Waals surface area contributed by atoms with Gasteiger partial charge in [0.25, 0.3) is 0 Å². The lowest BCUT2D eigenvalue weighted by Crippen LogP contribution is -2.00. The Labute approximate surface area is 265 Å². The van der Waals surface area contributed by atoms with Crippen LogP contribution in [0, 0.1) is 0 Å². The molecule has 9 aromatic rings. The van der Waals surface area contributed by atoms with E-state index in [1.165, 1.54) is 44.5 Å². The number of rotatable bonds is 3. The first-order valence-electron chi connectivity index (χ1n) is 15.6. The Morgan fingerprint density at radius 2 is 1.07 bits per heavy atom. The number of imidazole rings is 3. The average molecular weight is 590 g/mol. The minimum atomic E-state index is 0.714. The van der Waals surface area contributed by atoms with Crippen molar-refractivity contribution in [3.8, 4) is 50.2 Å². The molecule has 0 N–H and O–H groups in total. The van der Waals surface area contributed by atoms with Gasteiger partial charge in [0.1, 0.15) is 0 Å². The number of hydrogen-bond donors (Lipinski definition) is 0. The van der Waals surface area contributed by atoms with Gasteiger partial charge >= 0.3 is 0 Å². The molecule has 1 aliphatic carbocycles. The van der Waals surface area contributed by atoms with Gasteiger partial charge in [0.2, 0.25) is 5.78 Å². The molecule has 3 aromatic heterocycles. The number of hydrogen-bond acceptors (Lipinski definition) is 2. The van der Waals surface area contributed by atoms with Crippen LogP contribution in [0.1, 0.15) is 5.56 Å². The third-order valence-electron chi connectivity index (χ3n) is 9.43. The third kappa shape index (κ3) is 3.57. The van der Waals surface area contributed by atoms with Crippen molar-refractivity contribution in [2.45, 2.75) is 6.54 Å². The molecular formula is C41H27N5. The molecule has 0 radical (unpaired) electrons. The van der Waals surface area contributed by atoms with E-state index in [9.17, 15) is 0 Å². The van der Waals surface area contributed by atoms with E-state index in [-0.39, 0.29) is 0 Å². The normalized spacial score (nSPS) is 12.0. The van der Waals surface area contributed by atoms with Crippen molar-refractivity contribution < 1.29 is 0 Å². The predicted molar refractivity (Wildman–Crippen MR) is 186 cm³/mol. The number of fused-ring (bicyclic) bond motifs is 13. The molecule has 3 heterocycles. The molecule has 0 amide bonds. The molecule has 5 nitrogen and oxygen atoms in total. The van der Waals surface area contributed by atoms with Crippen LogP contribution in [0.2, 0.25) is 0 Å². The number of benzene rings is 6. The molecule has 1 aliphatic rings. The van der Waals surface area contributed by atoms with Crippen molar-refractivity contribution in [1.82, 2.24) is 23.5 Å². The summed E-state index contributed by atoms with van der Waals surface area (Å²) in [5, 5.41) is 0. The van der Waals surface area contributed by atoms with Gasteiger partial charge in [0.15, 0.2) is 0 Å². The van der Waals surface area contributed by atoms with E-state index in [1.54, 1.807) is 0 Å². The largest absolute Gasteiger partial charge is 0.333 e. The monoisotopic (exact) mass is 589 g/mol. The maximum absolute atomic E-state index is 5.36. The molecule has 0 saturated carbocycles. The Hall–Kier alpha value is -6.20. The lowest BCUT2D eigenvalue weighted by Gasteiger charge is -2.23. The summed E-state index contributed by atoms with van der Waals surface area (Å²) in [6.07, 6.45) is 5.67. The zero-order valence-electron chi connectivity index (χ0n) is 24.9. The summed E-state index contributed by atoms with van der Waals surface area (Å²) >= 11 is 0. The zero-order chi connectivity index (χ0) is 30.2. The maximum Gasteiger partial charge on any atom is 0.220 e. The molecule has 0 bridgehead atoms. The zero-order valence-corrected chi connectivity index (χ0v) is 24.9. The number of nitrogens with zero attached hydrogens (tertiary/aromatic N) is 5. The third-order valence-corrected chi connectivity index (χ3v) is 9.43. The van der Waals surface area contributed by atoms with E-state index >= 15 is 0 Å². The van der Waals surface area contributed by atoms with E-state index in [0.29, 0.717) is 6.54 Å². The molecule has 0 unspecified atom stereocenters. The van der Waals surface area contributed by atoms with Crippen molar-refractivity contribution in [3.05, 3.63) is 158 Å². The van der Waals surface area contributed by atoms with Crippen LogP contribution in [0.15, 0.2) is 152 Å². The molecule has 0 fully saturated rings. The first-order chi connectivity index (χ1) is 22.8. The lowest BCUT2D eigenvalue weighted by molar-refractivity contribution is 0.801. The highest BCUT2D eigenvalue weighted by Gasteiger charge is 2.24. The van der Waals surface area contributed by atoms with Crippen molar-refractivity contribution in [2.75, 3.05) is 0 Å². The van der Waals surface area contributed by atoms with Crippen molar-refractivity contribution in [2.24, 2.45) is 0 Å². The molecule has 0 saturated heterocycles. The van der Waals surface area contributed by atoms with E-state index < -0.39 is 0 Å². The lowest BCUT2D eigenvalue weighted by atomic mass is 9.81. The van der Waals surface area contributed by atoms with E-state index in [1.807, 2.05) is 18.7 Å². The number of aromatic nitrogens is 5. The summed E-state index contributed by atoms with van der Waals surface area (Å²) < 4.78 is 6.71. The fourth-order valence-electron chi connectivity index (χ4n) is 7.43. The highest BCUT2D eigenvalue weighted by molar-refractivity contribution is 6.03. The molecule has 216 valence electrons. The summed E-state index contributed by atoms with van der Waals surface area (Å²) in [5.74, 6) is 0.902. The van der Waals surface area contributed by atoms with Gasteiger partial charge in [-0.2, -0.15) is 0 Å². The predicted octanol–water partition coefficient (Wildman–Crippen LogP) is 9.66.